The van der Waals surface area contributed by atoms with Gasteiger partial charge in [-0.15, -0.1) is 0 Å². The summed E-state index contributed by atoms with van der Waals surface area (Å²) < 4.78 is 10.7. The van der Waals surface area contributed by atoms with E-state index in [1.807, 2.05) is 37.1 Å². The topological polar surface area (TPSA) is 79.9 Å². The van der Waals surface area contributed by atoms with E-state index in [9.17, 15) is 9.59 Å². The van der Waals surface area contributed by atoms with Crippen molar-refractivity contribution in [1.82, 2.24) is 15.8 Å². The summed E-state index contributed by atoms with van der Waals surface area (Å²) in [7, 11) is 3.43. The minimum Gasteiger partial charge on any atom is -0.496 e. The Hall–Kier alpha value is -2.77. The van der Waals surface area contributed by atoms with Crippen LogP contribution in [0.2, 0.25) is 5.02 Å². The molecule has 2 rings (SSSR count). The summed E-state index contributed by atoms with van der Waals surface area (Å²) in [6.45, 7) is 2.41. The van der Waals surface area contributed by atoms with Gasteiger partial charge in [-0.25, -0.2) is 0 Å². The average Bonchev–Trinajstić information content (AvgIpc) is 2.66. The summed E-state index contributed by atoms with van der Waals surface area (Å²) in [5.41, 5.74) is 6.79. The van der Waals surface area contributed by atoms with Crippen LogP contribution in [0.3, 0.4) is 0 Å². The molecule has 2 aromatic carbocycles. The minimum absolute atomic E-state index is 0.107. The number of methoxy groups -OCH3 is 1. The maximum Gasteiger partial charge on any atom is 0.276 e. The lowest BCUT2D eigenvalue weighted by Gasteiger charge is -2.18. The van der Waals surface area contributed by atoms with Crippen LogP contribution in [0, 0.1) is 6.92 Å². The Morgan fingerprint density at radius 2 is 1.75 bits per heavy atom. The molecule has 2 aromatic rings. The Kier molecular flexibility index (Phi) is 8.10. The first-order valence-corrected chi connectivity index (χ1v) is 9.03. The van der Waals surface area contributed by atoms with Gasteiger partial charge in [-0.1, -0.05) is 29.3 Å². The Balaban J connectivity index is 1.73. The maximum atomic E-state index is 12.0. The third-order valence-corrected chi connectivity index (χ3v) is 4.07. The molecular weight excluding hydrogens is 382 g/mol. The van der Waals surface area contributed by atoms with Gasteiger partial charge in [0.1, 0.15) is 11.5 Å². The molecule has 0 aromatic heterocycles. The average molecular weight is 406 g/mol. The summed E-state index contributed by atoms with van der Waals surface area (Å²) >= 11 is 5.78. The summed E-state index contributed by atoms with van der Waals surface area (Å²) in [4.78, 5) is 25.6. The van der Waals surface area contributed by atoms with Crippen LogP contribution in [0.25, 0.3) is 0 Å². The predicted octanol–water partition coefficient (Wildman–Crippen LogP) is 2.32. The Morgan fingerprint density at radius 3 is 2.43 bits per heavy atom. The van der Waals surface area contributed by atoms with Crippen molar-refractivity contribution in [1.29, 1.82) is 0 Å². The number of halogens is 1. The van der Waals surface area contributed by atoms with E-state index < -0.39 is 5.91 Å². The molecule has 0 radical (unpaired) electrons. The molecule has 8 heteroatoms. The van der Waals surface area contributed by atoms with Gasteiger partial charge in [-0.3, -0.25) is 25.3 Å². The number of aryl methyl sites for hydroxylation is 1. The smallest absolute Gasteiger partial charge is 0.276 e. The largest absolute Gasteiger partial charge is 0.496 e. The number of carbonyl (C=O) groups excluding carboxylic acids is 2. The lowest BCUT2D eigenvalue weighted by atomic mass is 10.1. The minimum atomic E-state index is -0.466. The van der Waals surface area contributed by atoms with Gasteiger partial charge in [0, 0.05) is 17.1 Å². The molecule has 0 saturated heterocycles. The first kappa shape index (κ1) is 21.5. The number of amides is 2. The van der Waals surface area contributed by atoms with Gasteiger partial charge in [0.15, 0.2) is 6.61 Å². The highest BCUT2D eigenvalue weighted by Gasteiger charge is 2.11. The van der Waals surface area contributed by atoms with Gasteiger partial charge >= 0.3 is 0 Å². The third-order valence-electron chi connectivity index (χ3n) is 3.81. The van der Waals surface area contributed by atoms with Crippen molar-refractivity contribution in [3.05, 3.63) is 58.6 Å². The standard InChI is InChI=1S/C20H24ClN3O4/c1-14-4-9-18(27-3)15(10-14)11-24(2)12-19(25)22-23-20(26)13-28-17-7-5-16(21)6-8-17/h4-10H,11-13H2,1-3H3,(H,22,25)(H,23,26). The first-order chi connectivity index (χ1) is 13.4. The molecule has 150 valence electrons. The van der Waals surface area contributed by atoms with Crippen LogP contribution in [0.4, 0.5) is 0 Å². The molecule has 0 atom stereocenters. The molecule has 0 fully saturated rings. The zero-order valence-corrected chi connectivity index (χ0v) is 16.9. The fourth-order valence-electron chi connectivity index (χ4n) is 2.52. The number of ether oxygens (including phenoxy) is 2. The van der Waals surface area contributed by atoms with Crippen LogP contribution in [-0.2, 0) is 16.1 Å². The number of nitrogens with zero attached hydrogens (tertiary/aromatic N) is 1. The SMILES string of the molecule is COc1ccc(C)cc1CN(C)CC(=O)NNC(=O)COc1ccc(Cl)cc1. The van der Waals surface area contributed by atoms with Gasteiger partial charge in [-0.2, -0.15) is 0 Å². The van der Waals surface area contributed by atoms with E-state index in [4.69, 9.17) is 21.1 Å². The van der Waals surface area contributed by atoms with Gasteiger partial charge < -0.3 is 9.47 Å². The molecule has 0 saturated carbocycles. The van der Waals surface area contributed by atoms with Crippen LogP contribution in [0.1, 0.15) is 11.1 Å². The Morgan fingerprint density at radius 1 is 1.07 bits per heavy atom. The Bertz CT molecular complexity index is 812. The van der Waals surface area contributed by atoms with Gasteiger partial charge in [0.25, 0.3) is 11.8 Å². The first-order valence-electron chi connectivity index (χ1n) is 8.65. The monoisotopic (exact) mass is 405 g/mol. The highest BCUT2D eigenvalue weighted by atomic mass is 35.5. The summed E-state index contributed by atoms with van der Waals surface area (Å²) in [6, 6.07) is 12.5. The highest BCUT2D eigenvalue weighted by molar-refractivity contribution is 6.30. The summed E-state index contributed by atoms with van der Waals surface area (Å²) in [5.74, 6) is 0.475. The van der Waals surface area contributed by atoms with Crippen LogP contribution in [0.15, 0.2) is 42.5 Å². The number of hydrogen-bond donors (Lipinski definition) is 2. The zero-order chi connectivity index (χ0) is 20.5. The lowest BCUT2D eigenvalue weighted by Crippen LogP contribution is -2.47. The van der Waals surface area contributed by atoms with E-state index >= 15 is 0 Å². The molecule has 7 nitrogen and oxygen atoms in total. The number of hydrazine groups is 1. The van der Waals surface area contributed by atoms with Crippen molar-refractivity contribution in [3.63, 3.8) is 0 Å². The molecule has 0 spiro atoms. The molecule has 2 N–H and O–H groups in total. The second kappa shape index (κ2) is 10.5. The molecule has 2 amide bonds. The maximum absolute atomic E-state index is 12.0. The van der Waals surface area contributed by atoms with Gasteiger partial charge in [0.2, 0.25) is 0 Å². The van der Waals surface area contributed by atoms with Crippen molar-refractivity contribution >= 4 is 23.4 Å². The zero-order valence-electron chi connectivity index (χ0n) is 16.1. The van der Waals surface area contributed by atoms with E-state index in [1.165, 1.54) is 0 Å². The van der Waals surface area contributed by atoms with Crippen LogP contribution >= 0.6 is 11.6 Å². The lowest BCUT2D eigenvalue weighted by molar-refractivity contribution is -0.130. The number of nitrogens with one attached hydrogen (secondary N) is 2. The van der Waals surface area contributed by atoms with Gasteiger partial charge in [-0.05, 0) is 44.3 Å². The number of likely N-dealkylation sites (N-methyl/N-ethyl adjacent to an activating group) is 1. The normalized spacial score (nSPS) is 10.5. The Labute approximate surface area is 169 Å². The second-order valence-electron chi connectivity index (χ2n) is 6.33. The molecule has 0 aliphatic carbocycles. The molecule has 0 bridgehead atoms. The van der Waals surface area contributed by atoms with Crippen LogP contribution in [-0.4, -0.2) is 44.0 Å². The number of carbonyl (C=O) groups is 2. The van der Waals surface area contributed by atoms with E-state index in [1.54, 1.807) is 31.4 Å². The van der Waals surface area contributed by atoms with E-state index in [0.717, 1.165) is 16.9 Å². The molecular formula is C20H24ClN3O4. The number of hydrogen-bond acceptors (Lipinski definition) is 5. The molecule has 0 unspecified atom stereocenters. The van der Waals surface area contributed by atoms with Crippen LogP contribution < -0.4 is 20.3 Å². The molecule has 0 aliphatic rings. The summed E-state index contributed by atoms with van der Waals surface area (Å²) in [5, 5.41) is 0.580. The quantitative estimate of drug-likeness (QED) is 0.659. The number of rotatable bonds is 8. The van der Waals surface area contributed by atoms with Crippen LogP contribution in [0.5, 0.6) is 11.5 Å². The highest BCUT2D eigenvalue weighted by Crippen LogP contribution is 2.20. The van der Waals surface area contributed by atoms with Crippen molar-refractivity contribution in [2.45, 2.75) is 13.5 Å². The van der Waals surface area contributed by atoms with E-state index in [0.29, 0.717) is 17.3 Å². The fraction of sp³-hybridized carbons (Fsp3) is 0.300. The van der Waals surface area contributed by atoms with Gasteiger partial charge in [0.05, 0.1) is 13.7 Å². The predicted molar refractivity (Wildman–Crippen MR) is 107 cm³/mol. The molecule has 0 aliphatic heterocycles. The van der Waals surface area contributed by atoms with Crippen molar-refractivity contribution in [2.24, 2.45) is 0 Å². The molecule has 0 heterocycles. The molecule has 28 heavy (non-hydrogen) atoms. The fourth-order valence-corrected chi connectivity index (χ4v) is 2.64. The summed E-state index contributed by atoms with van der Waals surface area (Å²) in [6.07, 6.45) is 0. The second-order valence-corrected chi connectivity index (χ2v) is 6.76. The van der Waals surface area contributed by atoms with Crippen molar-refractivity contribution < 1.29 is 19.1 Å². The number of benzene rings is 2. The van der Waals surface area contributed by atoms with Crippen molar-refractivity contribution in [3.8, 4) is 11.5 Å². The third kappa shape index (κ3) is 7.09. The van der Waals surface area contributed by atoms with Crippen molar-refractivity contribution in [2.75, 3.05) is 27.3 Å². The van der Waals surface area contributed by atoms with E-state index in [-0.39, 0.29) is 19.1 Å². The van der Waals surface area contributed by atoms with E-state index in [2.05, 4.69) is 10.9 Å².